The first-order valence-electron chi connectivity index (χ1n) is 10.1. The summed E-state index contributed by atoms with van der Waals surface area (Å²) >= 11 is 0. The smallest absolute Gasteiger partial charge is 0.338 e. The Bertz CT molecular complexity index is 502. The number of unbranched alkanes of at least 4 members (excludes halogenated alkanes) is 3. The number of carbonyl (C=O) groups excluding carboxylic acids is 1. The van der Waals surface area contributed by atoms with Gasteiger partial charge in [0.2, 0.25) is 0 Å². The van der Waals surface area contributed by atoms with Crippen LogP contribution in [0.15, 0.2) is 18.3 Å². The molecular formula is C21H37N3O2. The fourth-order valence-corrected chi connectivity index (χ4v) is 2.91. The van der Waals surface area contributed by atoms with Gasteiger partial charge in [0, 0.05) is 18.4 Å². The molecule has 0 spiro atoms. The Morgan fingerprint density at radius 2 is 1.77 bits per heavy atom. The van der Waals surface area contributed by atoms with Gasteiger partial charge in [-0.15, -0.1) is 0 Å². The molecule has 26 heavy (non-hydrogen) atoms. The molecule has 0 aliphatic heterocycles. The molecule has 0 aliphatic rings. The largest absolute Gasteiger partial charge is 0.462 e. The summed E-state index contributed by atoms with van der Waals surface area (Å²) < 4.78 is 5.34. The first-order valence-corrected chi connectivity index (χ1v) is 10.1. The van der Waals surface area contributed by atoms with E-state index in [0.29, 0.717) is 12.2 Å². The zero-order valence-corrected chi connectivity index (χ0v) is 17.2. The Balaban J connectivity index is 2.25. The number of ether oxygens (including phenoxy) is 1. The summed E-state index contributed by atoms with van der Waals surface area (Å²) in [6.07, 6.45) is 8.33. The Hall–Kier alpha value is -1.46. The van der Waals surface area contributed by atoms with Crippen LogP contribution in [0, 0.1) is 0 Å². The Morgan fingerprint density at radius 1 is 1.04 bits per heavy atom. The molecule has 0 saturated carbocycles. The minimum atomic E-state index is -0.244. The minimum absolute atomic E-state index is 0.244. The number of pyridine rings is 1. The van der Waals surface area contributed by atoms with Crippen LogP contribution in [0.1, 0.15) is 62.0 Å². The molecule has 0 bridgehead atoms. The zero-order valence-electron chi connectivity index (χ0n) is 17.2. The van der Waals surface area contributed by atoms with Crippen LogP contribution in [-0.2, 0) is 11.2 Å². The van der Waals surface area contributed by atoms with Gasteiger partial charge in [0.15, 0.2) is 0 Å². The predicted octanol–water partition coefficient (Wildman–Crippen LogP) is 3.63. The maximum atomic E-state index is 12.1. The van der Waals surface area contributed by atoms with Crippen molar-refractivity contribution < 1.29 is 9.53 Å². The molecular weight excluding hydrogens is 326 g/mol. The fraction of sp³-hybridized carbons (Fsp3) is 0.714. The average molecular weight is 364 g/mol. The molecule has 0 N–H and O–H groups in total. The second-order valence-corrected chi connectivity index (χ2v) is 7.02. The van der Waals surface area contributed by atoms with E-state index in [2.05, 4.69) is 28.6 Å². The molecule has 1 aromatic rings. The summed E-state index contributed by atoms with van der Waals surface area (Å²) in [4.78, 5) is 21.1. The molecule has 0 atom stereocenters. The molecule has 5 nitrogen and oxygen atoms in total. The van der Waals surface area contributed by atoms with E-state index in [4.69, 9.17) is 4.74 Å². The summed E-state index contributed by atoms with van der Waals surface area (Å²) in [5.74, 6) is -0.244. The Morgan fingerprint density at radius 3 is 2.46 bits per heavy atom. The van der Waals surface area contributed by atoms with Crippen molar-refractivity contribution in [3.8, 4) is 0 Å². The highest BCUT2D eigenvalue weighted by atomic mass is 16.5. The highest BCUT2D eigenvalue weighted by Crippen LogP contribution is 2.10. The molecule has 0 saturated heterocycles. The molecule has 1 aromatic heterocycles. The average Bonchev–Trinajstić information content (AvgIpc) is 2.64. The summed E-state index contributed by atoms with van der Waals surface area (Å²) in [6, 6.07) is 3.62. The van der Waals surface area contributed by atoms with Crippen LogP contribution in [0.25, 0.3) is 0 Å². The highest BCUT2D eigenvalue weighted by Gasteiger charge is 2.08. The van der Waals surface area contributed by atoms with Crippen LogP contribution in [0.2, 0.25) is 0 Å². The summed E-state index contributed by atoms with van der Waals surface area (Å²) in [5, 5.41) is 0. The molecule has 0 aliphatic carbocycles. The number of hydrogen-bond donors (Lipinski definition) is 0. The van der Waals surface area contributed by atoms with Gasteiger partial charge < -0.3 is 14.5 Å². The van der Waals surface area contributed by atoms with Crippen molar-refractivity contribution in [2.45, 2.75) is 52.4 Å². The van der Waals surface area contributed by atoms with E-state index in [9.17, 15) is 4.79 Å². The first kappa shape index (κ1) is 22.6. The van der Waals surface area contributed by atoms with E-state index in [1.807, 2.05) is 20.2 Å². The quantitative estimate of drug-likeness (QED) is 0.373. The van der Waals surface area contributed by atoms with Crippen LogP contribution < -0.4 is 0 Å². The van der Waals surface area contributed by atoms with Gasteiger partial charge in [0.1, 0.15) is 0 Å². The molecule has 0 unspecified atom stereocenters. The van der Waals surface area contributed by atoms with Gasteiger partial charge in [-0.25, -0.2) is 4.79 Å². The number of aryl methyl sites for hydroxylation is 1. The van der Waals surface area contributed by atoms with E-state index < -0.39 is 0 Å². The van der Waals surface area contributed by atoms with E-state index >= 15 is 0 Å². The molecule has 0 fully saturated rings. The fourth-order valence-electron chi connectivity index (χ4n) is 2.91. The van der Waals surface area contributed by atoms with Gasteiger partial charge in [-0.3, -0.25) is 4.98 Å². The molecule has 0 aromatic carbocycles. The second kappa shape index (κ2) is 13.7. The normalized spacial score (nSPS) is 11.3. The summed E-state index contributed by atoms with van der Waals surface area (Å²) in [6.45, 7) is 9.28. The van der Waals surface area contributed by atoms with Crippen molar-refractivity contribution in [3.05, 3.63) is 29.6 Å². The van der Waals surface area contributed by atoms with Gasteiger partial charge in [0.05, 0.1) is 12.2 Å². The van der Waals surface area contributed by atoms with Gasteiger partial charge >= 0.3 is 5.97 Å². The highest BCUT2D eigenvalue weighted by molar-refractivity contribution is 5.89. The lowest BCUT2D eigenvalue weighted by molar-refractivity contribution is 0.0493. The van der Waals surface area contributed by atoms with Gasteiger partial charge in [-0.2, -0.15) is 0 Å². The third kappa shape index (κ3) is 9.88. The topological polar surface area (TPSA) is 45.7 Å². The maximum Gasteiger partial charge on any atom is 0.338 e. The van der Waals surface area contributed by atoms with Crippen molar-refractivity contribution in [1.82, 2.24) is 14.8 Å². The second-order valence-electron chi connectivity index (χ2n) is 7.02. The van der Waals surface area contributed by atoms with Gasteiger partial charge in [-0.1, -0.05) is 26.7 Å². The zero-order chi connectivity index (χ0) is 19.2. The molecule has 148 valence electrons. The van der Waals surface area contributed by atoms with E-state index in [1.54, 1.807) is 12.3 Å². The van der Waals surface area contributed by atoms with Crippen LogP contribution in [-0.4, -0.2) is 67.6 Å². The van der Waals surface area contributed by atoms with Crippen molar-refractivity contribution in [1.29, 1.82) is 0 Å². The minimum Gasteiger partial charge on any atom is -0.462 e. The Kier molecular flexibility index (Phi) is 11.9. The monoisotopic (exact) mass is 363 g/mol. The van der Waals surface area contributed by atoms with Gasteiger partial charge in [0.25, 0.3) is 0 Å². The lowest BCUT2D eigenvalue weighted by atomic mass is 10.1. The lowest BCUT2D eigenvalue weighted by Gasteiger charge is -2.17. The maximum absolute atomic E-state index is 12.1. The molecule has 1 rings (SSSR count). The third-order valence-corrected chi connectivity index (χ3v) is 4.59. The molecule has 5 heteroatoms. The van der Waals surface area contributed by atoms with Crippen molar-refractivity contribution in [2.24, 2.45) is 0 Å². The van der Waals surface area contributed by atoms with Crippen molar-refractivity contribution >= 4 is 5.97 Å². The van der Waals surface area contributed by atoms with Crippen LogP contribution in [0.4, 0.5) is 0 Å². The van der Waals surface area contributed by atoms with Crippen LogP contribution in [0.3, 0.4) is 0 Å². The first-order chi connectivity index (χ1) is 12.6. The predicted molar refractivity (Wildman–Crippen MR) is 108 cm³/mol. The van der Waals surface area contributed by atoms with E-state index in [0.717, 1.165) is 44.6 Å². The van der Waals surface area contributed by atoms with E-state index in [1.165, 1.54) is 25.8 Å². The summed E-state index contributed by atoms with van der Waals surface area (Å²) in [5.41, 5.74) is 1.60. The number of esters is 1. The summed E-state index contributed by atoms with van der Waals surface area (Å²) in [7, 11) is 4.03. The number of aromatic nitrogens is 1. The van der Waals surface area contributed by atoms with Crippen LogP contribution in [0.5, 0.6) is 0 Å². The molecule has 0 amide bonds. The molecule has 0 radical (unpaired) electrons. The number of carbonyl (C=O) groups is 1. The van der Waals surface area contributed by atoms with Crippen molar-refractivity contribution in [2.75, 3.05) is 46.9 Å². The van der Waals surface area contributed by atoms with Crippen molar-refractivity contribution in [3.63, 3.8) is 0 Å². The van der Waals surface area contributed by atoms with Gasteiger partial charge in [-0.05, 0) is 71.5 Å². The van der Waals surface area contributed by atoms with E-state index in [-0.39, 0.29) is 5.97 Å². The lowest BCUT2D eigenvalue weighted by Crippen LogP contribution is -2.23. The Labute approximate surface area is 159 Å². The third-order valence-electron chi connectivity index (χ3n) is 4.59. The SMILES string of the molecule is CCN(CC)CCCCCCc1cc(C(=O)OCCCN(C)C)ccn1. The number of nitrogens with zero attached hydrogens (tertiary/aromatic N) is 3. The van der Waals surface area contributed by atoms with Crippen LogP contribution >= 0.6 is 0 Å². The standard InChI is InChI=1S/C21H37N3O2/c1-5-24(6-2)16-10-8-7-9-12-20-18-19(13-14-22-20)21(25)26-17-11-15-23(3)4/h13-14,18H,5-12,15-17H2,1-4H3. The number of hydrogen-bond acceptors (Lipinski definition) is 5. The number of rotatable bonds is 14. The molecule has 1 heterocycles.